The van der Waals surface area contributed by atoms with E-state index < -0.39 is 0 Å². The monoisotopic (exact) mass is 429 g/mol. The summed E-state index contributed by atoms with van der Waals surface area (Å²) in [5.41, 5.74) is 3.06. The van der Waals surface area contributed by atoms with Gasteiger partial charge in [0.25, 0.3) is 5.91 Å². The zero-order valence-electron chi connectivity index (χ0n) is 16.0. The maximum Gasteiger partial charge on any atom is 0.263 e. The summed E-state index contributed by atoms with van der Waals surface area (Å²) in [7, 11) is 1.46. The molecule has 0 saturated heterocycles. The third-order valence-electron chi connectivity index (χ3n) is 4.01. The summed E-state index contributed by atoms with van der Waals surface area (Å²) in [6, 6.07) is 14.7. The Hall–Kier alpha value is -2.74. The zero-order valence-corrected chi connectivity index (χ0v) is 17.6. The summed E-state index contributed by atoms with van der Waals surface area (Å²) >= 11 is 7.38. The van der Waals surface area contributed by atoms with Gasteiger partial charge in [-0.2, -0.15) is 0 Å². The number of methoxy groups -OCH3 is 1. The van der Waals surface area contributed by atoms with Gasteiger partial charge in [0.1, 0.15) is 16.5 Å². The first-order valence-corrected chi connectivity index (χ1v) is 10.0. The standard InChI is InChI=1S/C21H20ClN3O3S/c1-13-19(29-21(24-13)15-6-4-7-16(22)10-15)20(27)23-11-14-5-3-8-17(9-14)25-18(26)12-28-2/h3-10H,11-12H2,1-2H3,(H,23,27)(H,25,26). The van der Waals surface area contributed by atoms with E-state index in [1.54, 1.807) is 12.1 Å². The van der Waals surface area contributed by atoms with Crippen LogP contribution in [0.1, 0.15) is 20.9 Å². The van der Waals surface area contributed by atoms with Gasteiger partial charge in [-0.3, -0.25) is 9.59 Å². The molecule has 150 valence electrons. The Bertz CT molecular complexity index is 1040. The van der Waals surface area contributed by atoms with E-state index in [2.05, 4.69) is 15.6 Å². The number of amides is 2. The van der Waals surface area contributed by atoms with E-state index in [0.29, 0.717) is 27.8 Å². The molecule has 0 fully saturated rings. The Morgan fingerprint density at radius 2 is 1.97 bits per heavy atom. The number of halogens is 1. The van der Waals surface area contributed by atoms with Gasteiger partial charge < -0.3 is 15.4 Å². The molecular formula is C21H20ClN3O3S. The van der Waals surface area contributed by atoms with Crippen LogP contribution in [0.25, 0.3) is 10.6 Å². The summed E-state index contributed by atoms with van der Waals surface area (Å²) in [5.74, 6) is -0.426. The lowest BCUT2D eigenvalue weighted by Crippen LogP contribution is -2.22. The minimum atomic E-state index is -0.234. The first kappa shape index (κ1) is 21.0. The molecule has 2 amide bonds. The summed E-state index contributed by atoms with van der Waals surface area (Å²) in [6.07, 6.45) is 0. The molecule has 3 rings (SSSR count). The molecule has 8 heteroatoms. The van der Waals surface area contributed by atoms with E-state index in [1.165, 1.54) is 18.4 Å². The second-order valence-corrected chi connectivity index (χ2v) is 7.74. The predicted octanol–water partition coefficient (Wildman–Crippen LogP) is 4.29. The Morgan fingerprint density at radius 3 is 2.72 bits per heavy atom. The van der Waals surface area contributed by atoms with Gasteiger partial charge in [-0.05, 0) is 36.8 Å². The van der Waals surface area contributed by atoms with Gasteiger partial charge in [-0.15, -0.1) is 11.3 Å². The normalized spacial score (nSPS) is 10.6. The lowest BCUT2D eigenvalue weighted by molar-refractivity contribution is -0.119. The van der Waals surface area contributed by atoms with Gasteiger partial charge in [0, 0.05) is 29.9 Å². The first-order valence-electron chi connectivity index (χ1n) is 8.85. The molecule has 1 aromatic heterocycles. The largest absolute Gasteiger partial charge is 0.375 e. The zero-order chi connectivity index (χ0) is 20.8. The summed E-state index contributed by atoms with van der Waals surface area (Å²) in [5, 5.41) is 7.02. The number of aromatic nitrogens is 1. The van der Waals surface area contributed by atoms with Gasteiger partial charge in [0.15, 0.2) is 0 Å². The van der Waals surface area contributed by atoms with Crippen molar-refractivity contribution in [1.29, 1.82) is 0 Å². The Labute approximate surface area is 177 Å². The Kier molecular flexibility index (Phi) is 6.98. The van der Waals surface area contributed by atoms with E-state index in [-0.39, 0.29) is 18.4 Å². The van der Waals surface area contributed by atoms with Crippen molar-refractivity contribution in [3.05, 3.63) is 69.7 Å². The van der Waals surface area contributed by atoms with Crippen molar-refractivity contribution in [1.82, 2.24) is 10.3 Å². The molecule has 0 saturated carbocycles. The number of benzene rings is 2. The minimum Gasteiger partial charge on any atom is -0.375 e. The van der Waals surface area contributed by atoms with Crippen LogP contribution >= 0.6 is 22.9 Å². The number of hydrogen-bond donors (Lipinski definition) is 2. The van der Waals surface area contributed by atoms with Gasteiger partial charge in [-0.25, -0.2) is 4.98 Å². The second kappa shape index (κ2) is 9.65. The lowest BCUT2D eigenvalue weighted by atomic mass is 10.2. The number of aryl methyl sites for hydroxylation is 1. The van der Waals surface area contributed by atoms with Crippen LogP contribution in [0.4, 0.5) is 5.69 Å². The Morgan fingerprint density at radius 1 is 1.17 bits per heavy atom. The van der Waals surface area contributed by atoms with Crippen LogP contribution in [-0.2, 0) is 16.1 Å². The van der Waals surface area contributed by atoms with Crippen molar-refractivity contribution >= 4 is 40.4 Å². The van der Waals surface area contributed by atoms with Crippen LogP contribution < -0.4 is 10.6 Å². The fourth-order valence-corrected chi connectivity index (χ4v) is 3.87. The molecule has 0 radical (unpaired) electrons. The molecule has 1 heterocycles. The maximum atomic E-state index is 12.6. The van der Waals surface area contributed by atoms with Crippen LogP contribution in [0.3, 0.4) is 0 Å². The lowest BCUT2D eigenvalue weighted by Gasteiger charge is -2.08. The van der Waals surface area contributed by atoms with Crippen molar-refractivity contribution in [2.75, 3.05) is 19.0 Å². The summed E-state index contributed by atoms with van der Waals surface area (Å²) in [4.78, 5) is 29.3. The van der Waals surface area contributed by atoms with Crippen LogP contribution in [0.15, 0.2) is 48.5 Å². The molecule has 3 aromatic rings. The first-order chi connectivity index (χ1) is 14.0. The number of carbonyl (C=O) groups is 2. The van der Waals surface area contributed by atoms with Crippen molar-refractivity contribution in [2.45, 2.75) is 13.5 Å². The fraction of sp³-hybridized carbons (Fsp3) is 0.190. The molecule has 2 N–H and O–H groups in total. The molecule has 0 unspecified atom stereocenters. The highest BCUT2D eigenvalue weighted by atomic mass is 35.5. The molecule has 0 aliphatic rings. The third-order valence-corrected chi connectivity index (χ3v) is 5.45. The number of nitrogens with one attached hydrogen (secondary N) is 2. The highest BCUT2D eigenvalue weighted by Crippen LogP contribution is 2.29. The van der Waals surface area contributed by atoms with Crippen molar-refractivity contribution in [3.63, 3.8) is 0 Å². The molecule has 29 heavy (non-hydrogen) atoms. The van der Waals surface area contributed by atoms with E-state index in [4.69, 9.17) is 16.3 Å². The molecule has 0 aliphatic heterocycles. The molecule has 0 atom stereocenters. The number of ether oxygens (including phenoxy) is 1. The smallest absolute Gasteiger partial charge is 0.263 e. The minimum absolute atomic E-state index is 0.0133. The van der Waals surface area contributed by atoms with Crippen molar-refractivity contribution < 1.29 is 14.3 Å². The number of nitrogens with zero attached hydrogens (tertiary/aromatic N) is 1. The van der Waals surface area contributed by atoms with Crippen LogP contribution in [0.2, 0.25) is 5.02 Å². The van der Waals surface area contributed by atoms with E-state index in [0.717, 1.165) is 16.1 Å². The predicted molar refractivity (Wildman–Crippen MR) is 115 cm³/mol. The molecule has 0 aliphatic carbocycles. The summed E-state index contributed by atoms with van der Waals surface area (Å²) in [6.45, 7) is 2.13. The number of hydrogen-bond acceptors (Lipinski definition) is 5. The highest BCUT2D eigenvalue weighted by Gasteiger charge is 2.16. The molecule has 0 spiro atoms. The van der Waals surface area contributed by atoms with E-state index in [9.17, 15) is 9.59 Å². The average molecular weight is 430 g/mol. The fourth-order valence-electron chi connectivity index (χ4n) is 2.70. The van der Waals surface area contributed by atoms with Gasteiger partial charge in [0.05, 0.1) is 5.69 Å². The summed E-state index contributed by atoms with van der Waals surface area (Å²) < 4.78 is 4.80. The SMILES string of the molecule is COCC(=O)Nc1cccc(CNC(=O)c2sc(-c3cccc(Cl)c3)nc2C)c1. The molecule has 6 nitrogen and oxygen atoms in total. The third kappa shape index (κ3) is 5.63. The van der Waals surface area contributed by atoms with Gasteiger partial charge in [0.2, 0.25) is 5.91 Å². The van der Waals surface area contributed by atoms with Crippen LogP contribution in [0, 0.1) is 6.92 Å². The second-order valence-electron chi connectivity index (χ2n) is 6.31. The average Bonchev–Trinajstić information content (AvgIpc) is 3.08. The molecule has 0 bridgehead atoms. The van der Waals surface area contributed by atoms with Gasteiger partial charge in [-0.1, -0.05) is 35.9 Å². The highest BCUT2D eigenvalue weighted by molar-refractivity contribution is 7.17. The van der Waals surface area contributed by atoms with E-state index in [1.807, 2.05) is 43.3 Å². The quantitative estimate of drug-likeness (QED) is 0.587. The maximum absolute atomic E-state index is 12.6. The molecule has 2 aromatic carbocycles. The van der Waals surface area contributed by atoms with Gasteiger partial charge >= 0.3 is 0 Å². The van der Waals surface area contributed by atoms with Crippen LogP contribution in [0.5, 0.6) is 0 Å². The van der Waals surface area contributed by atoms with Crippen LogP contribution in [-0.4, -0.2) is 30.5 Å². The van der Waals surface area contributed by atoms with E-state index >= 15 is 0 Å². The number of rotatable bonds is 7. The topological polar surface area (TPSA) is 80.3 Å². The van der Waals surface area contributed by atoms with Crippen molar-refractivity contribution in [3.8, 4) is 10.6 Å². The number of thiazole rings is 1. The number of carbonyl (C=O) groups excluding carboxylic acids is 2. The number of anilines is 1. The Balaban J connectivity index is 1.66. The molecular weight excluding hydrogens is 410 g/mol. The van der Waals surface area contributed by atoms with Crippen molar-refractivity contribution in [2.24, 2.45) is 0 Å².